The number of ether oxygens (including phenoxy) is 1. The van der Waals surface area contributed by atoms with Crippen LogP contribution in [0.3, 0.4) is 0 Å². The van der Waals surface area contributed by atoms with E-state index >= 15 is 0 Å². The molecule has 1 fully saturated rings. The topological polar surface area (TPSA) is 49.8 Å². The molecule has 1 N–H and O–H groups in total. The Bertz CT molecular complexity index is 894. The van der Waals surface area contributed by atoms with Gasteiger partial charge in [-0.05, 0) is 46.8 Å². The van der Waals surface area contributed by atoms with Crippen LogP contribution in [0.1, 0.15) is 38.3 Å². The van der Waals surface area contributed by atoms with Crippen LogP contribution in [0, 0.1) is 0 Å². The minimum atomic E-state index is -2.64. The third-order valence-electron chi connectivity index (χ3n) is 6.23. The SMILES string of the molecule is CC(C)(C)S(C)(C)C.O=C(OCc1ccccc1)C(O)Cc1ccc(N2CCC(F)(F)C2)cc1. The summed E-state index contributed by atoms with van der Waals surface area (Å²) in [5.41, 5.74) is 2.30. The van der Waals surface area contributed by atoms with Crippen molar-refractivity contribution in [1.29, 1.82) is 0 Å². The van der Waals surface area contributed by atoms with Gasteiger partial charge in [0.25, 0.3) is 5.92 Å². The van der Waals surface area contributed by atoms with E-state index in [9.17, 15) is 18.7 Å². The molecular weight excluding hydrogens is 456 g/mol. The van der Waals surface area contributed by atoms with Gasteiger partial charge in [-0.25, -0.2) is 23.6 Å². The van der Waals surface area contributed by atoms with E-state index in [0.717, 1.165) is 11.1 Å². The average molecular weight is 496 g/mol. The van der Waals surface area contributed by atoms with Gasteiger partial charge in [-0.2, -0.15) is 0 Å². The fraction of sp³-hybridized carbons (Fsp3) is 0.519. The molecule has 2 aromatic carbocycles. The standard InChI is InChI=1S/C20H21F2NO3.C7H18S/c21-20(22)10-11-23(14-20)17-8-6-15(7-9-17)12-18(24)19(25)26-13-16-4-2-1-3-5-16;1-7(2,3)8(4,5)6/h1-9,18,24H,10-14H2;1-6H3. The van der Waals surface area contributed by atoms with Gasteiger partial charge in [0.15, 0.2) is 6.10 Å². The lowest BCUT2D eigenvalue weighted by molar-refractivity contribution is -0.154. The molecule has 0 radical (unpaired) electrons. The number of aliphatic hydroxyl groups excluding tert-OH is 1. The summed E-state index contributed by atoms with van der Waals surface area (Å²) in [7, 11) is -0.340. The van der Waals surface area contributed by atoms with Gasteiger partial charge >= 0.3 is 5.97 Å². The number of hydrogen-bond acceptors (Lipinski definition) is 4. The molecular formula is C27H39F2NO3S. The molecule has 190 valence electrons. The van der Waals surface area contributed by atoms with Gasteiger partial charge in [-0.1, -0.05) is 63.2 Å². The summed E-state index contributed by atoms with van der Waals surface area (Å²) in [4.78, 5) is 13.5. The zero-order valence-electron chi connectivity index (χ0n) is 21.2. The average Bonchev–Trinajstić information content (AvgIpc) is 3.12. The number of esters is 1. The van der Waals surface area contributed by atoms with Crippen molar-refractivity contribution in [2.24, 2.45) is 0 Å². The van der Waals surface area contributed by atoms with E-state index in [1.807, 2.05) is 30.3 Å². The molecule has 7 heteroatoms. The molecule has 1 saturated heterocycles. The van der Waals surface area contributed by atoms with Crippen LogP contribution in [0.5, 0.6) is 0 Å². The smallest absolute Gasteiger partial charge is 0.335 e. The molecule has 1 atom stereocenters. The van der Waals surface area contributed by atoms with Crippen LogP contribution in [0.2, 0.25) is 0 Å². The Morgan fingerprint density at radius 2 is 1.62 bits per heavy atom. The Hall–Kier alpha value is -2.12. The first-order valence-electron chi connectivity index (χ1n) is 11.5. The zero-order valence-corrected chi connectivity index (χ0v) is 22.0. The van der Waals surface area contributed by atoms with Gasteiger partial charge in [-0.3, -0.25) is 0 Å². The summed E-state index contributed by atoms with van der Waals surface area (Å²) in [5.74, 6) is -3.32. The molecule has 2 aromatic rings. The van der Waals surface area contributed by atoms with Gasteiger partial charge in [0.2, 0.25) is 0 Å². The molecule has 0 spiro atoms. The summed E-state index contributed by atoms with van der Waals surface area (Å²) >= 11 is 0. The maximum absolute atomic E-state index is 13.3. The highest BCUT2D eigenvalue weighted by molar-refractivity contribution is 8.33. The summed E-state index contributed by atoms with van der Waals surface area (Å²) < 4.78 is 32.2. The third-order valence-corrected chi connectivity index (χ3v) is 9.91. The van der Waals surface area contributed by atoms with E-state index in [0.29, 0.717) is 17.0 Å². The molecule has 0 aliphatic carbocycles. The molecule has 1 aliphatic rings. The maximum atomic E-state index is 13.3. The lowest BCUT2D eigenvalue weighted by atomic mass is 10.1. The summed E-state index contributed by atoms with van der Waals surface area (Å²) in [5, 5.41) is 10.0. The van der Waals surface area contributed by atoms with Crippen molar-refractivity contribution >= 4 is 21.7 Å². The molecule has 0 amide bonds. The van der Waals surface area contributed by atoms with Crippen LogP contribution < -0.4 is 4.90 Å². The van der Waals surface area contributed by atoms with E-state index in [4.69, 9.17) is 4.74 Å². The van der Waals surface area contributed by atoms with E-state index in [2.05, 4.69) is 39.5 Å². The number of carbonyl (C=O) groups is 1. The first kappa shape index (κ1) is 28.1. The Labute approximate surface area is 204 Å². The van der Waals surface area contributed by atoms with Crippen LogP contribution in [-0.2, 0) is 22.6 Å². The Kier molecular flexibility index (Phi) is 9.54. The number of hydrogen-bond donors (Lipinski definition) is 1. The van der Waals surface area contributed by atoms with Gasteiger partial charge < -0.3 is 14.7 Å². The number of rotatable bonds is 6. The van der Waals surface area contributed by atoms with Crippen molar-refractivity contribution in [3.05, 3.63) is 65.7 Å². The molecule has 4 nitrogen and oxygen atoms in total. The van der Waals surface area contributed by atoms with Crippen LogP contribution in [-0.4, -0.2) is 59.7 Å². The summed E-state index contributed by atoms with van der Waals surface area (Å²) in [6.07, 6.45) is 5.78. The summed E-state index contributed by atoms with van der Waals surface area (Å²) in [6, 6.07) is 16.2. The fourth-order valence-electron chi connectivity index (χ4n) is 2.93. The van der Waals surface area contributed by atoms with Gasteiger partial charge in [0, 0.05) is 25.1 Å². The number of alkyl halides is 2. The molecule has 0 bridgehead atoms. The highest BCUT2D eigenvalue weighted by Crippen LogP contribution is 2.48. The monoisotopic (exact) mass is 495 g/mol. The first-order chi connectivity index (χ1) is 15.7. The van der Waals surface area contributed by atoms with E-state index < -0.39 is 18.0 Å². The van der Waals surface area contributed by atoms with Crippen LogP contribution in [0.25, 0.3) is 0 Å². The number of carbonyl (C=O) groups excluding carboxylic acids is 1. The van der Waals surface area contributed by atoms with Crippen molar-refractivity contribution in [3.63, 3.8) is 0 Å². The first-order valence-corrected chi connectivity index (χ1v) is 14.3. The highest BCUT2D eigenvalue weighted by atomic mass is 32.3. The third kappa shape index (κ3) is 8.91. The Morgan fingerprint density at radius 1 is 1.06 bits per heavy atom. The minimum Gasteiger partial charge on any atom is -0.459 e. The lowest BCUT2D eigenvalue weighted by Crippen LogP contribution is -2.26. The fourth-order valence-corrected chi connectivity index (χ4v) is 2.93. The van der Waals surface area contributed by atoms with E-state index in [1.165, 1.54) is 0 Å². The van der Waals surface area contributed by atoms with Crippen LogP contribution in [0.15, 0.2) is 54.6 Å². The van der Waals surface area contributed by atoms with Crippen molar-refractivity contribution < 1.29 is 23.4 Å². The second-order valence-electron chi connectivity index (χ2n) is 10.5. The molecule has 1 aliphatic heterocycles. The molecule has 3 rings (SSSR count). The van der Waals surface area contributed by atoms with Gasteiger partial charge in [0.1, 0.15) is 6.61 Å². The molecule has 1 unspecified atom stereocenters. The van der Waals surface area contributed by atoms with Crippen LogP contribution >= 0.6 is 10.0 Å². The largest absolute Gasteiger partial charge is 0.459 e. The van der Waals surface area contributed by atoms with E-state index in [-0.39, 0.29) is 36.0 Å². The van der Waals surface area contributed by atoms with Crippen molar-refractivity contribution in [2.45, 2.75) is 57.0 Å². The quantitative estimate of drug-likeness (QED) is 0.526. The number of aliphatic hydroxyl groups is 1. The Balaban J connectivity index is 0.000000440. The van der Waals surface area contributed by atoms with Crippen LogP contribution in [0.4, 0.5) is 14.5 Å². The number of nitrogens with zero attached hydrogens (tertiary/aromatic N) is 1. The number of benzene rings is 2. The van der Waals surface area contributed by atoms with Gasteiger partial charge in [0.05, 0.1) is 6.54 Å². The zero-order chi connectivity index (χ0) is 25.6. The minimum absolute atomic E-state index is 0.110. The maximum Gasteiger partial charge on any atom is 0.335 e. The van der Waals surface area contributed by atoms with Crippen molar-refractivity contribution in [2.75, 3.05) is 36.8 Å². The number of anilines is 1. The normalized spacial score (nSPS) is 16.9. The predicted molar refractivity (Wildman–Crippen MR) is 139 cm³/mol. The second kappa shape index (κ2) is 11.5. The molecule has 0 saturated carbocycles. The number of halogens is 2. The predicted octanol–water partition coefficient (Wildman–Crippen LogP) is 5.66. The Morgan fingerprint density at radius 3 is 2.09 bits per heavy atom. The van der Waals surface area contributed by atoms with E-state index in [1.54, 1.807) is 29.2 Å². The van der Waals surface area contributed by atoms with Crippen molar-refractivity contribution in [1.82, 2.24) is 0 Å². The molecule has 34 heavy (non-hydrogen) atoms. The van der Waals surface area contributed by atoms with Crippen molar-refractivity contribution in [3.8, 4) is 0 Å². The lowest BCUT2D eigenvalue weighted by Gasteiger charge is -2.40. The molecule has 1 heterocycles. The summed E-state index contributed by atoms with van der Waals surface area (Å²) in [6.45, 7) is 7.08. The van der Waals surface area contributed by atoms with Gasteiger partial charge in [-0.15, -0.1) is 0 Å². The second-order valence-corrected chi connectivity index (χ2v) is 15.4. The highest BCUT2D eigenvalue weighted by Gasteiger charge is 2.38. The molecule has 0 aromatic heterocycles.